The number of carboxylic acid groups (broad SMARTS) is 1. The van der Waals surface area contributed by atoms with Crippen LogP contribution in [-0.4, -0.2) is 46.5 Å². The molecule has 0 spiro atoms. The molecule has 0 aliphatic rings. The molecule has 4 N–H and O–H groups in total. The number of hydrogen-bond donors (Lipinski definition) is 3. The number of carbonyl (C=O) groups excluding carboxylic acids is 2. The van der Waals surface area contributed by atoms with E-state index in [1.165, 1.54) is 4.90 Å². The van der Waals surface area contributed by atoms with Crippen LogP contribution in [0, 0.1) is 5.92 Å². The van der Waals surface area contributed by atoms with Crippen molar-refractivity contribution in [3.05, 3.63) is 0 Å². The van der Waals surface area contributed by atoms with Crippen LogP contribution in [0.5, 0.6) is 0 Å². The van der Waals surface area contributed by atoms with Gasteiger partial charge >= 0.3 is 12.0 Å². The molecule has 7 nitrogen and oxygen atoms in total. The zero-order valence-corrected chi connectivity index (χ0v) is 11.1. The first-order valence-electron chi connectivity index (χ1n) is 5.75. The van der Waals surface area contributed by atoms with Gasteiger partial charge in [-0.3, -0.25) is 4.79 Å². The number of rotatable bonds is 6. The number of nitrogens with zero attached hydrogens (tertiary/aromatic N) is 1. The van der Waals surface area contributed by atoms with Crippen molar-refractivity contribution < 1.29 is 19.5 Å². The second kappa shape index (κ2) is 6.83. The summed E-state index contributed by atoms with van der Waals surface area (Å²) in [6, 6.07) is -1.85. The molecule has 0 aromatic rings. The molecule has 0 heterocycles. The number of aliphatic carboxylic acids is 1. The van der Waals surface area contributed by atoms with Crippen LogP contribution in [0.15, 0.2) is 0 Å². The Kier molecular flexibility index (Phi) is 6.15. The molecule has 0 saturated heterocycles. The highest BCUT2D eigenvalue weighted by atomic mass is 16.4. The third-order valence-electron chi connectivity index (χ3n) is 2.42. The molecule has 0 unspecified atom stereocenters. The summed E-state index contributed by atoms with van der Waals surface area (Å²) in [4.78, 5) is 34.9. The fourth-order valence-corrected chi connectivity index (χ4v) is 1.39. The molecule has 0 fully saturated rings. The highest BCUT2D eigenvalue weighted by Crippen LogP contribution is 2.05. The Balaban J connectivity index is 4.77. The van der Waals surface area contributed by atoms with E-state index in [4.69, 9.17) is 10.8 Å². The summed E-state index contributed by atoms with van der Waals surface area (Å²) < 4.78 is 0. The third kappa shape index (κ3) is 5.03. The molecule has 0 bridgehead atoms. The van der Waals surface area contributed by atoms with E-state index >= 15 is 0 Å². The lowest BCUT2D eigenvalue weighted by Gasteiger charge is -2.28. The number of nitrogens with one attached hydrogen (secondary N) is 1. The van der Waals surface area contributed by atoms with Gasteiger partial charge in [-0.2, -0.15) is 0 Å². The molecule has 7 heteroatoms. The van der Waals surface area contributed by atoms with E-state index in [0.717, 1.165) is 0 Å². The normalized spacial score (nSPS) is 12.3. The number of carbonyl (C=O) groups is 3. The number of carboxylic acids is 1. The fourth-order valence-electron chi connectivity index (χ4n) is 1.39. The molecule has 0 aliphatic carbocycles. The van der Waals surface area contributed by atoms with Gasteiger partial charge in [0.1, 0.15) is 12.6 Å². The molecule has 3 amide bonds. The van der Waals surface area contributed by atoms with Gasteiger partial charge in [0.25, 0.3) is 0 Å². The highest BCUT2D eigenvalue weighted by molar-refractivity contribution is 5.86. The lowest BCUT2D eigenvalue weighted by Crippen LogP contribution is -2.53. The van der Waals surface area contributed by atoms with E-state index < -0.39 is 23.9 Å². The largest absolute Gasteiger partial charge is 0.480 e. The second-order valence-electron chi connectivity index (χ2n) is 4.70. The maximum absolute atomic E-state index is 11.9. The quantitative estimate of drug-likeness (QED) is 0.623. The minimum Gasteiger partial charge on any atom is -0.480 e. The summed E-state index contributed by atoms with van der Waals surface area (Å²) in [6.45, 7) is 6.56. The summed E-state index contributed by atoms with van der Waals surface area (Å²) in [5, 5.41) is 11.4. The van der Waals surface area contributed by atoms with Gasteiger partial charge in [-0.15, -0.1) is 0 Å². The van der Waals surface area contributed by atoms with Gasteiger partial charge in [0.05, 0.1) is 0 Å². The van der Waals surface area contributed by atoms with Crippen molar-refractivity contribution in [3.8, 4) is 0 Å². The number of hydrogen-bond acceptors (Lipinski definition) is 3. The van der Waals surface area contributed by atoms with Crippen LogP contribution in [0.4, 0.5) is 4.79 Å². The Labute approximate surface area is 106 Å². The van der Waals surface area contributed by atoms with Gasteiger partial charge in [0, 0.05) is 6.04 Å². The molecule has 0 rings (SSSR count). The van der Waals surface area contributed by atoms with Crippen LogP contribution in [-0.2, 0) is 9.59 Å². The van der Waals surface area contributed by atoms with Crippen molar-refractivity contribution in [1.29, 1.82) is 0 Å². The smallest absolute Gasteiger partial charge is 0.326 e. The van der Waals surface area contributed by atoms with E-state index in [1.54, 1.807) is 27.7 Å². The molecule has 1 atom stereocenters. The Morgan fingerprint density at radius 3 is 2.00 bits per heavy atom. The van der Waals surface area contributed by atoms with Gasteiger partial charge < -0.3 is 21.1 Å². The summed E-state index contributed by atoms with van der Waals surface area (Å²) in [5.41, 5.74) is 5.04. The third-order valence-corrected chi connectivity index (χ3v) is 2.42. The molecule has 0 aromatic carbocycles. The van der Waals surface area contributed by atoms with E-state index in [0.29, 0.717) is 0 Å². The maximum atomic E-state index is 11.9. The van der Waals surface area contributed by atoms with Crippen molar-refractivity contribution >= 4 is 17.9 Å². The van der Waals surface area contributed by atoms with Crippen molar-refractivity contribution in [2.75, 3.05) is 6.54 Å². The Morgan fingerprint density at radius 2 is 1.72 bits per heavy atom. The van der Waals surface area contributed by atoms with Crippen molar-refractivity contribution in [3.63, 3.8) is 0 Å². The summed E-state index contributed by atoms with van der Waals surface area (Å²) in [5.74, 6) is -2.01. The lowest BCUT2D eigenvalue weighted by atomic mass is 10.1. The van der Waals surface area contributed by atoms with Gasteiger partial charge in [0.2, 0.25) is 5.91 Å². The predicted molar refractivity (Wildman–Crippen MR) is 65.8 cm³/mol. The fraction of sp³-hybridized carbons (Fsp3) is 0.727. The monoisotopic (exact) mass is 259 g/mol. The minimum absolute atomic E-state index is 0.242. The molecule has 0 radical (unpaired) electrons. The van der Waals surface area contributed by atoms with E-state index in [2.05, 4.69) is 5.32 Å². The summed E-state index contributed by atoms with van der Waals surface area (Å²) in [7, 11) is 0. The Hall–Kier alpha value is -1.79. The second-order valence-corrected chi connectivity index (χ2v) is 4.70. The van der Waals surface area contributed by atoms with E-state index in [1.807, 2.05) is 0 Å². The molecule has 0 aromatic heterocycles. The van der Waals surface area contributed by atoms with Crippen LogP contribution >= 0.6 is 0 Å². The molecular weight excluding hydrogens is 238 g/mol. The van der Waals surface area contributed by atoms with Crippen LogP contribution in [0.25, 0.3) is 0 Å². The van der Waals surface area contributed by atoms with Crippen LogP contribution in [0.3, 0.4) is 0 Å². The maximum Gasteiger partial charge on any atom is 0.326 e. The number of urea groups is 1. The Morgan fingerprint density at radius 1 is 1.22 bits per heavy atom. The van der Waals surface area contributed by atoms with Gasteiger partial charge in [0.15, 0.2) is 0 Å². The Bertz CT molecular complexity index is 328. The number of primary amides is 1. The van der Waals surface area contributed by atoms with E-state index in [-0.39, 0.29) is 18.5 Å². The SMILES string of the molecule is CC(C)[C@@H](NC(=O)N(CC(N)=O)C(C)C)C(=O)O. The van der Waals surface area contributed by atoms with Crippen molar-refractivity contribution in [2.45, 2.75) is 39.8 Å². The molecular formula is C11H21N3O4. The molecule has 104 valence electrons. The van der Waals surface area contributed by atoms with Crippen LogP contribution in [0.1, 0.15) is 27.7 Å². The standard InChI is InChI=1S/C11H21N3O4/c1-6(2)9(10(16)17)13-11(18)14(7(3)4)5-8(12)15/h6-7,9H,5H2,1-4H3,(H2,12,15)(H,13,18)(H,16,17)/t9-/m1/s1. The zero-order chi connectivity index (χ0) is 14.5. The first-order valence-corrected chi connectivity index (χ1v) is 5.75. The lowest BCUT2D eigenvalue weighted by molar-refractivity contribution is -0.140. The summed E-state index contributed by atoms with van der Waals surface area (Å²) in [6.07, 6.45) is 0. The highest BCUT2D eigenvalue weighted by Gasteiger charge is 2.27. The predicted octanol–water partition coefficient (Wildman–Crippen LogP) is 0.000900. The van der Waals surface area contributed by atoms with Crippen LogP contribution in [0.2, 0.25) is 0 Å². The molecule has 0 aliphatic heterocycles. The number of nitrogens with two attached hydrogens (primary N) is 1. The van der Waals surface area contributed by atoms with Crippen molar-refractivity contribution in [2.24, 2.45) is 11.7 Å². The molecule has 0 saturated carbocycles. The van der Waals surface area contributed by atoms with E-state index in [9.17, 15) is 14.4 Å². The first-order chi connectivity index (χ1) is 8.16. The molecule has 18 heavy (non-hydrogen) atoms. The average Bonchev–Trinajstić information content (AvgIpc) is 2.20. The topological polar surface area (TPSA) is 113 Å². The average molecular weight is 259 g/mol. The minimum atomic E-state index is -1.11. The summed E-state index contributed by atoms with van der Waals surface area (Å²) >= 11 is 0. The van der Waals surface area contributed by atoms with Gasteiger partial charge in [-0.05, 0) is 19.8 Å². The van der Waals surface area contributed by atoms with Crippen LogP contribution < -0.4 is 11.1 Å². The van der Waals surface area contributed by atoms with Crippen molar-refractivity contribution in [1.82, 2.24) is 10.2 Å². The van der Waals surface area contributed by atoms with Gasteiger partial charge in [-0.25, -0.2) is 9.59 Å². The van der Waals surface area contributed by atoms with Gasteiger partial charge in [-0.1, -0.05) is 13.8 Å². The zero-order valence-electron chi connectivity index (χ0n) is 11.1. The number of amides is 3. The first kappa shape index (κ1) is 16.2.